The number of nitrogens with one attached hydrogen (secondary N) is 1. The first kappa shape index (κ1) is 25.6. The van der Waals surface area contributed by atoms with Crippen LogP contribution in [-0.2, 0) is 32.0 Å². The fraction of sp³-hybridized carbons (Fsp3) is 0.636. The number of amides is 1. The van der Waals surface area contributed by atoms with Crippen molar-refractivity contribution in [1.82, 2.24) is 5.32 Å². The van der Waals surface area contributed by atoms with Crippen molar-refractivity contribution in [3.8, 4) is 11.5 Å². The lowest BCUT2D eigenvalue weighted by Gasteiger charge is -2.22. The normalized spacial score (nSPS) is 12.3. The molecule has 30 heavy (non-hydrogen) atoms. The Morgan fingerprint density at radius 2 is 1.77 bits per heavy atom. The van der Waals surface area contributed by atoms with Gasteiger partial charge in [0, 0.05) is 18.5 Å². The zero-order chi connectivity index (χ0) is 22.9. The van der Waals surface area contributed by atoms with Crippen LogP contribution in [0, 0.1) is 0 Å². The van der Waals surface area contributed by atoms with E-state index in [2.05, 4.69) is 5.32 Å². The fourth-order valence-corrected chi connectivity index (χ4v) is 2.80. The molecule has 1 aromatic carbocycles. The molecule has 0 aliphatic rings. The van der Waals surface area contributed by atoms with Gasteiger partial charge in [-0.2, -0.15) is 0 Å². The maximum Gasteiger partial charge on any atom is 0.407 e. The number of esters is 1. The topological polar surface area (TPSA) is 92.3 Å². The minimum Gasteiger partial charge on any atom is -0.493 e. The van der Waals surface area contributed by atoms with Gasteiger partial charge in [-0.25, -0.2) is 9.59 Å². The largest absolute Gasteiger partial charge is 0.493 e. The Hall–Kier alpha value is -2.48. The number of rotatable bonds is 10. The molecule has 8 nitrogen and oxygen atoms in total. The molecule has 8 heteroatoms. The standard InChI is InChI=1S/C22H35NO7/c1-9-28-20(24)18(29-14(2)3)12-15-10-16(19(27-8)17(11-15)26-7)13-23-21(25)30-22(4,5)6/h10-11,14,18H,9,12-13H2,1-8H3,(H,23,25). The van der Waals surface area contributed by atoms with E-state index in [9.17, 15) is 9.59 Å². The van der Waals surface area contributed by atoms with E-state index < -0.39 is 23.8 Å². The van der Waals surface area contributed by atoms with Crippen molar-refractivity contribution in [1.29, 1.82) is 0 Å². The van der Waals surface area contributed by atoms with Crippen molar-refractivity contribution >= 4 is 12.1 Å². The summed E-state index contributed by atoms with van der Waals surface area (Å²) in [4.78, 5) is 24.4. The first-order chi connectivity index (χ1) is 14.0. The monoisotopic (exact) mass is 425 g/mol. The van der Waals surface area contributed by atoms with Crippen LogP contribution in [0.1, 0.15) is 52.7 Å². The zero-order valence-corrected chi connectivity index (χ0v) is 19.3. The first-order valence-corrected chi connectivity index (χ1v) is 10.0. The second-order valence-corrected chi connectivity index (χ2v) is 7.98. The van der Waals surface area contributed by atoms with E-state index in [1.807, 2.05) is 19.9 Å². The van der Waals surface area contributed by atoms with Gasteiger partial charge in [-0.05, 0) is 59.2 Å². The van der Waals surface area contributed by atoms with Crippen LogP contribution in [0.3, 0.4) is 0 Å². The van der Waals surface area contributed by atoms with Gasteiger partial charge >= 0.3 is 12.1 Å². The molecule has 1 amide bonds. The highest BCUT2D eigenvalue weighted by molar-refractivity contribution is 5.75. The molecule has 1 aromatic rings. The highest BCUT2D eigenvalue weighted by Crippen LogP contribution is 2.33. The molecule has 1 rings (SSSR count). The molecule has 0 aliphatic heterocycles. The van der Waals surface area contributed by atoms with Crippen LogP contribution in [0.15, 0.2) is 12.1 Å². The molecule has 1 unspecified atom stereocenters. The molecule has 1 atom stereocenters. The van der Waals surface area contributed by atoms with E-state index in [4.69, 9.17) is 23.7 Å². The van der Waals surface area contributed by atoms with Gasteiger partial charge in [0.1, 0.15) is 5.60 Å². The Balaban J connectivity index is 3.13. The smallest absolute Gasteiger partial charge is 0.407 e. The second-order valence-electron chi connectivity index (χ2n) is 7.98. The van der Waals surface area contributed by atoms with Crippen LogP contribution in [0.5, 0.6) is 11.5 Å². The molecular formula is C22H35NO7. The Kier molecular flexibility index (Phi) is 9.92. The number of carbonyl (C=O) groups excluding carboxylic acids is 2. The number of hydrogen-bond donors (Lipinski definition) is 1. The highest BCUT2D eigenvalue weighted by Gasteiger charge is 2.24. The second kappa shape index (κ2) is 11.6. The highest BCUT2D eigenvalue weighted by atomic mass is 16.6. The molecule has 0 radical (unpaired) electrons. The SMILES string of the molecule is CCOC(=O)C(Cc1cc(CNC(=O)OC(C)(C)C)c(OC)c(OC)c1)OC(C)C. The Labute approximate surface area is 179 Å². The first-order valence-electron chi connectivity index (χ1n) is 10.0. The average molecular weight is 426 g/mol. The zero-order valence-electron chi connectivity index (χ0n) is 19.3. The molecule has 0 fully saturated rings. The minimum absolute atomic E-state index is 0.146. The number of hydrogen-bond acceptors (Lipinski definition) is 7. The van der Waals surface area contributed by atoms with Gasteiger partial charge in [0.25, 0.3) is 0 Å². The number of alkyl carbamates (subject to hydrolysis) is 1. The van der Waals surface area contributed by atoms with Crippen LogP contribution in [0.4, 0.5) is 4.79 Å². The van der Waals surface area contributed by atoms with Crippen molar-refractivity contribution < 1.29 is 33.3 Å². The lowest BCUT2D eigenvalue weighted by atomic mass is 10.0. The Morgan fingerprint density at radius 1 is 1.10 bits per heavy atom. The predicted octanol–water partition coefficient (Wildman–Crippen LogP) is 3.63. The van der Waals surface area contributed by atoms with E-state index in [0.717, 1.165) is 5.56 Å². The van der Waals surface area contributed by atoms with Gasteiger partial charge in [0.2, 0.25) is 0 Å². The number of carbonyl (C=O) groups is 2. The summed E-state index contributed by atoms with van der Waals surface area (Å²) in [5, 5.41) is 2.72. The Morgan fingerprint density at radius 3 is 2.27 bits per heavy atom. The summed E-state index contributed by atoms with van der Waals surface area (Å²) in [7, 11) is 3.05. The van der Waals surface area contributed by atoms with E-state index >= 15 is 0 Å². The summed E-state index contributed by atoms with van der Waals surface area (Å²) >= 11 is 0. The fourth-order valence-electron chi connectivity index (χ4n) is 2.80. The molecule has 0 aliphatic carbocycles. The molecule has 0 heterocycles. The summed E-state index contributed by atoms with van der Waals surface area (Å²) in [5.41, 5.74) is 0.867. The van der Waals surface area contributed by atoms with Crippen molar-refractivity contribution in [2.45, 2.75) is 72.3 Å². The van der Waals surface area contributed by atoms with Gasteiger partial charge < -0.3 is 29.0 Å². The third-order valence-corrected chi connectivity index (χ3v) is 3.84. The molecule has 0 aromatic heterocycles. The van der Waals surface area contributed by atoms with Gasteiger partial charge in [0.15, 0.2) is 17.6 Å². The molecule has 0 saturated carbocycles. The van der Waals surface area contributed by atoms with Crippen molar-refractivity contribution in [3.05, 3.63) is 23.3 Å². The molecule has 0 spiro atoms. The molecule has 170 valence electrons. The van der Waals surface area contributed by atoms with E-state index in [1.165, 1.54) is 14.2 Å². The van der Waals surface area contributed by atoms with Crippen LogP contribution in [0.25, 0.3) is 0 Å². The summed E-state index contributed by atoms with van der Waals surface area (Å²) in [6.45, 7) is 11.3. The lowest BCUT2D eigenvalue weighted by molar-refractivity contribution is -0.159. The average Bonchev–Trinajstić information content (AvgIpc) is 2.63. The summed E-state index contributed by atoms with van der Waals surface area (Å²) < 4.78 is 27.1. The van der Waals surface area contributed by atoms with Crippen molar-refractivity contribution in [2.24, 2.45) is 0 Å². The third kappa shape index (κ3) is 8.49. The number of methoxy groups -OCH3 is 2. The van der Waals surface area contributed by atoms with Crippen molar-refractivity contribution in [3.63, 3.8) is 0 Å². The van der Waals surface area contributed by atoms with Crippen molar-refractivity contribution in [2.75, 3.05) is 20.8 Å². The van der Waals surface area contributed by atoms with E-state index in [0.29, 0.717) is 17.1 Å². The maximum absolute atomic E-state index is 12.3. The molecular weight excluding hydrogens is 390 g/mol. The van der Waals surface area contributed by atoms with Gasteiger partial charge in [-0.3, -0.25) is 0 Å². The van der Waals surface area contributed by atoms with Crippen LogP contribution >= 0.6 is 0 Å². The summed E-state index contributed by atoms with van der Waals surface area (Å²) in [5.74, 6) is 0.562. The molecule has 1 N–H and O–H groups in total. The predicted molar refractivity (Wildman–Crippen MR) is 113 cm³/mol. The van der Waals surface area contributed by atoms with E-state index in [-0.39, 0.29) is 25.7 Å². The minimum atomic E-state index is -0.755. The van der Waals surface area contributed by atoms with Gasteiger partial charge in [-0.15, -0.1) is 0 Å². The van der Waals surface area contributed by atoms with Crippen LogP contribution in [0.2, 0.25) is 0 Å². The van der Waals surface area contributed by atoms with Crippen LogP contribution in [-0.4, -0.2) is 50.7 Å². The summed E-state index contributed by atoms with van der Waals surface area (Å²) in [6.07, 6.45) is -1.15. The summed E-state index contributed by atoms with van der Waals surface area (Å²) in [6, 6.07) is 3.63. The Bertz CT molecular complexity index is 710. The van der Waals surface area contributed by atoms with Gasteiger partial charge in [-0.1, -0.05) is 0 Å². The third-order valence-electron chi connectivity index (χ3n) is 3.84. The van der Waals surface area contributed by atoms with Gasteiger partial charge in [0.05, 0.1) is 26.9 Å². The quantitative estimate of drug-likeness (QED) is 0.572. The lowest BCUT2D eigenvalue weighted by Crippen LogP contribution is -2.32. The maximum atomic E-state index is 12.3. The number of benzene rings is 1. The van der Waals surface area contributed by atoms with Crippen LogP contribution < -0.4 is 14.8 Å². The molecule has 0 saturated heterocycles. The molecule has 0 bridgehead atoms. The van der Waals surface area contributed by atoms with E-state index in [1.54, 1.807) is 33.8 Å². The number of ether oxygens (including phenoxy) is 5.